The van der Waals surface area contributed by atoms with Crippen LogP contribution in [-0.4, -0.2) is 47.9 Å². The van der Waals surface area contributed by atoms with Crippen LogP contribution in [0, 0.1) is 0 Å². The molecule has 2 amide bonds. The van der Waals surface area contributed by atoms with Crippen molar-refractivity contribution >= 4 is 17.5 Å². The lowest BCUT2D eigenvalue weighted by Gasteiger charge is -2.24. The highest BCUT2D eigenvalue weighted by atomic mass is 16.5. The van der Waals surface area contributed by atoms with Crippen LogP contribution in [0.2, 0.25) is 0 Å². The van der Waals surface area contributed by atoms with Crippen molar-refractivity contribution in [3.63, 3.8) is 0 Å². The van der Waals surface area contributed by atoms with E-state index in [4.69, 9.17) is 9.47 Å². The van der Waals surface area contributed by atoms with E-state index >= 15 is 0 Å². The minimum Gasteiger partial charge on any atom is -0.489 e. The zero-order valence-electron chi connectivity index (χ0n) is 17.0. The number of ether oxygens (including phenoxy) is 2. The lowest BCUT2D eigenvalue weighted by molar-refractivity contribution is -0.120. The zero-order valence-corrected chi connectivity index (χ0v) is 17.0. The van der Waals surface area contributed by atoms with Gasteiger partial charge in [0.05, 0.1) is 24.5 Å². The van der Waals surface area contributed by atoms with Gasteiger partial charge in [-0.05, 0) is 23.8 Å². The smallest absolute Gasteiger partial charge is 0.272 e. The number of rotatable bonds is 3. The monoisotopic (exact) mass is 418 g/mol. The highest BCUT2D eigenvalue weighted by Crippen LogP contribution is 2.31. The molecule has 0 saturated carbocycles. The van der Waals surface area contributed by atoms with Gasteiger partial charge in [-0.3, -0.25) is 14.3 Å². The Morgan fingerprint density at radius 1 is 1.13 bits per heavy atom. The van der Waals surface area contributed by atoms with Crippen LogP contribution < -0.4 is 15.0 Å². The molecule has 31 heavy (non-hydrogen) atoms. The first-order chi connectivity index (χ1) is 15.1. The largest absolute Gasteiger partial charge is 0.489 e. The lowest BCUT2D eigenvalue weighted by Crippen LogP contribution is -2.49. The molecule has 0 saturated heterocycles. The van der Waals surface area contributed by atoms with Crippen LogP contribution >= 0.6 is 0 Å². The molecule has 2 aromatic carbocycles. The molecule has 0 bridgehead atoms. The molecule has 0 aliphatic carbocycles. The fraction of sp³-hybridized carbons (Fsp3) is 0.261. The fourth-order valence-electron chi connectivity index (χ4n) is 3.96. The summed E-state index contributed by atoms with van der Waals surface area (Å²) in [6.07, 6.45) is -0.285. The summed E-state index contributed by atoms with van der Waals surface area (Å²) in [4.78, 5) is 27.4. The van der Waals surface area contributed by atoms with E-state index < -0.39 is 11.9 Å². The van der Waals surface area contributed by atoms with Crippen molar-refractivity contribution in [1.29, 1.82) is 0 Å². The molecule has 3 heterocycles. The van der Waals surface area contributed by atoms with E-state index in [1.165, 1.54) is 4.90 Å². The molecule has 0 spiro atoms. The molecule has 8 heteroatoms. The number of hydrogen-bond donors (Lipinski definition) is 1. The van der Waals surface area contributed by atoms with E-state index in [1.807, 2.05) is 48.5 Å². The highest BCUT2D eigenvalue weighted by molar-refractivity contribution is 6.02. The summed E-state index contributed by atoms with van der Waals surface area (Å²) in [5.74, 6) is -0.0572. The predicted octanol–water partition coefficient (Wildman–Crippen LogP) is 2.16. The Labute approximate surface area is 179 Å². The minimum atomic E-state index is -0.815. The van der Waals surface area contributed by atoms with E-state index in [0.29, 0.717) is 24.6 Å². The Balaban J connectivity index is 1.36. The molecule has 0 radical (unpaired) electrons. The molecule has 2 atom stereocenters. The predicted molar refractivity (Wildman–Crippen MR) is 113 cm³/mol. The van der Waals surface area contributed by atoms with Gasteiger partial charge in [-0.15, -0.1) is 0 Å². The van der Waals surface area contributed by atoms with Crippen molar-refractivity contribution in [2.75, 3.05) is 25.2 Å². The van der Waals surface area contributed by atoms with E-state index in [2.05, 4.69) is 10.4 Å². The fourth-order valence-corrected chi connectivity index (χ4v) is 3.96. The number of amides is 2. The molecule has 2 aliphatic heterocycles. The van der Waals surface area contributed by atoms with Crippen LogP contribution in [0.5, 0.6) is 5.75 Å². The van der Waals surface area contributed by atoms with Gasteiger partial charge in [0, 0.05) is 7.05 Å². The van der Waals surface area contributed by atoms with Crippen molar-refractivity contribution in [2.45, 2.75) is 18.7 Å². The Morgan fingerprint density at radius 3 is 2.74 bits per heavy atom. The SMILES string of the molecule is CN1C(=O)[C@@H](NC(=O)c2cc3n(n2)CCOC3c2ccccc2)COc2ccccc21. The quantitative estimate of drug-likeness (QED) is 0.705. The number of para-hydroxylation sites is 2. The molecule has 0 fully saturated rings. The molecule has 2 aliphatic rings. The highest BCUT2D eigenvalue weighted by Gasteiger charge is 2.32. The van der Waals surface area contributed by atoms with Gasteiger partial charge < -0.3 is 19.7 Å². The Kier molecular flexibility index (Phi) is 4.91. The van der Waals surface area contributed by atoms with Gasteiger partial charge >= 0.3 is 0 Å². The average Bonchev–Trinajstić information content (AvgIpc) is 3.22. The Hall–Kier alpha value is -3.65. The van der Waals surface area contributed by atoms with Gasteiger partial charge in [0.15, 0.2) is 5.69 Å². The summed E-state index contributed by atoms with van der Waals surface area (Å²) in [6.45, 7) is 1.12. The summed E-state index contributed by atoms with van der Waals surface area (Å²) in [7, 11) is 1.67. The van der Waals surface area contributed by atoms with Gasteiger partial charge in [0.2, 0.25) is 0 Å². The maximum atomic E-state index is 13.0. The van der Waals surface area contributed by atoms with Gasteiger partial charge in [-0.1, -0.05) is 42.5 Å². The molecule has 5 rings (SSSR count). The molecule has 3 aromatic rings. The molecular formula is C23H22N4O4. The second-order valence-electron chi connectivity index (χ2n) is 7.54. The first kappa shape index (κ1) is 19.3. The van der Waals surface area contributed by atoms with Gasteiger partial charge in [-0.25, -0.2) is 0 Å². The van der Waals surface area contributed by atoms with Gasteiger partial charge in [0.25, 0.3) is 11.8 Å². The first-order valence-corrected chi connectivity index (χ1v) is 10.2. The Morgan fingerprint density at radius 2 is 1.90 bits per heavy atom. The van der Waals surface area contributed by atoms with Crippen LogP contribution in [0.4, 0.5) is 5.69 Å². The number of benzene rings is 2. The number of nitrogens with one attached hydrogen (secondary N) is 1. The average molecular weight is 418 g/mol. The maximum Gasteiger partial charge on any atom is 0.272 e. The van der Waals surface area contributed by atoms with Crippen LogP contribution in [0.1, 0.15) is 27.8 Å². The number of carbonyl (C=O) groups is 2. The number of carbonyl (C=O) groups excluding carboxylic acids is 2. The van der Waals surface area contributed by atoms with Crippen molar-refractivity contribution in [3.05, 3.63) is 77.6 Å². The third-order valence-electron chi connectivity index (χ3n) is 5.57. The summed E-state index contributed by atoms with van der Waals surface area (Å²) in [5.41, 5.74) is 2.74. The molecule has 8 nitrogen and oxygen atoms in total. The van der Waals surface area contributed by atoms with Crippen LogP contribution in [-0.2, 0) is 16.1 Å². The van der Waals surface area contributed by atoms with Crippen molar-refractivity contribution in [2.24, 2.45) is 0 Å². The van der Waals surface area contributed by atoms with Gasteiger partial charge in [0.1, 0.15) is 24.5 Å². The first-order valence-electron chi connectivity index (χ1n) is 10.2. The number of aromatic nitrogens is 2. The lowest BCUT2D eigenvalue weighted by atomic mass is 10.1. The molecule has 1 aromatic heterocycles. The number of likely N-dealkylation sites (N-methyl/N-ethyl adjacent to an activating group) is 1. The van der Waals surface area contributed by atoms with Crippen LogP contribution in [0.3, 0.4) is 0 Å². The van der Waals surface area contributed by atoms with E-state index in [0.717, 1.165) is 11.3 Å². The summed E-state index contributed by atoms with van der Waals surface area (Å²) in [5, 5.41) is 7.24. The second kappa shape index (κ2) is 7.88. The van der Waals surface area contributed by atoms with E-state index in [1.54, 1.807) is 23.9 Å². The standard InChI is InChI=1S/C23H22N4O4/c1-26-18-9-5-6-10-20(18)31-14-17(23(26)29)24-22(28)16-13-19-21(15-7-3-2-4-8-15)30-12-11-27(19)25-16/h2-10,13,17,21H,11-12,14H2,1H3,(H,24,28)/t17-,21?/m0/s1. The van der Waals surface area contributed by atoms with Crippen LogP contribution in [0.15, 0.2) is 60.7 Å². The maximum absolute atomic E-state index is 13.0. The zero-order chi connectivity index (χ0) is 21.4. The van der Waals surface area contributed by atoms with Crippen molar-refractivity contribution in [3.8, 4) is 5.75 Å². The molecule has 1 unspecified atom stereocenters. The number of nitrogens with zero attached hydrogens (tertiary/aromatic N) is 3. The van der Waals surface area contributed by atoms with Crippen molar-refractivity contribution < 1.29 is 19.1 Å². The van der Waals surface area contributed by atoms with Gasteiger partial charge in [-0.2, -0.15) is 5.10 Å². The number of hydrogen-bond acceptors (Lipinski definition) is 5. The summed E-state index contributed by atoms with van der Waals surface area (Å²) >= 11 is 0. The summed E-state index contributed by atoms with van der Waals surface area (Å²) < 4.78 is 13.5. The molecule has 1 N–H and O–H groups in total. The third kappa shape index (κ3) is 3.55. The molecule has 158 valence electrons. The third-order valence-corrected chi connectivity index (χ3v) is 5.57. The van der Waals surface area contributed by atoms with Crippen molar-refractivity contribution in [1.82, 2.24) is 15.1 Å². The Bertz CT molecular complexity index is 1130. The van der Waals surface area contributed by atoms with E-state index in [9.17, 15) is 9.59 Å². The van der Waals surface area contributed by atoms with Crippen LogP contribution in [0.25, 0.3) is 0 Å². The van der Waals surface area contributed by atoms with E-state index in [-0.39, 0.29) is 24.3 Å². The normalized spacial score (nSPS) is 20.3. The summed E-state index contributed by atoms with van der Waals surface area (Å²) in [6, 6.07) is 18.0. The minimum absolute atomic E-state index is 0.0508. The topological polar surface area (TPSA) is 85.7 Å². The second-order valence-corrected chi connectivity index (χ2v) is 7.54. The molecular weight excluding hydrogens is 396 g/mol. The number of fused-ring (bicyclic) bond motifs is 2. The number of anilines is 1.